The van der Waals surface area contributed by atoms with E-state index in [1.54, 1.807) is 24.3 Å². The van der Waals surface area contributed by atoms with Crippen LogP contribution in [0.4, 0.5) is 5.69 Å². The highest BCUT2D eigenvalue weighted by Crippen LogP contribution is 2.24. The van der Waals surface area contributed by atoms with E-state index in [-0.39, 0.29) is 10.5 Å². The molecular weight excluding hydrogens is 380 g/mol. The van der Waals surface area contributed by atoms with Gasteiger partial charge in [-0.3, -0.25) is 4.79 Å². The molecule has 1 aliphatic rings. The quantitative estimate of drug-likeness (QED) is 0.777. The number of carbonyl (C=O) groups is 2. The fraction of sp³-hybridized carbons (Fsp3) is 0.300. The van der Waals surface area contributed by atoms with E-state index >= 15 is 0 Å². The molecule has 0 spiro atoms. The fourth-order valence-corrected chi connectivity index (χ4v) is 4.84. The van der Waals surface area contributed by atoms with Crippen molar-refractivity contribution in [2.24, 2.45) is 0 Å². The minimum Gasteiger partial charge on any atom is -0.465 e. The van der Waals surface area contributed by atoms with Gasteiger partial charge >= 0.3 is 5.97 Å². The Kier molecular flexibility index (Phi) is 6.11. The van der Waals surface area contributed by atoms with Crippen molar-refractivity contribution < 1.29 is 22.7 Å². The molecule has 1 fully saturated rings. The third-order valence-corrected chi connectivity index (χ3v) is 6.59. The summed E-state index contributed by atoms with van der Waals surface area (Å²) in [6, 6.07) is 12.4. The number of ether oxygens (including phenoxy) is 1. The highest BCUT2D eigenvalue weighted by molar-refractivity contribution is 7.89. The molecule has 1 amide bonds. The molecule has 0 bridgehead atoms. The molecule has 8 heteroatoms. The fourth-order valence-electron chi connectivity index (χ4n) is 3.13. The van der Waals surface area contributed by atoms with Gasteiger partial charge in [-0.2, -0.15) is 4.31 Å². The summed E-state index contributed by atoms with van der Waals surface area (Å²) in [5, 5.41) is 2.68. The lowest BCUT2D eigenvalue weighted by molar-refractivity contribution is 0.0600. The molecule has 0 aromatic heterocycles. The zero-order valence-electron chi connectivity index (χ0n) is 15.6. The molecule has 0 unspecified atom stereocenters. The van der Waals surface area contributed by atoms with Gasteiger partial charge in [0.1, 0.15) is 0 Å². The third-order valence-electron chi connectivity index (χ3n) is 4.63. The lowest BCUT2D eigenvalue weighted by atomic mass is 10.2. The van der Waals surface area contributed by atoms with E-state index in [0.29, 0.717) is 24.3 Å². The van der Waals surface area contributed by atoms with E-state index in [4.69, 9.17) is 0 Å². The van der Waals surface area contributed by atoms with Gasteiger partial charge in [-0.15, -0.1) is 0 Å². The number of nitrogens with zero attached hydrogens (tertiary/aromatic N) is 1. The van der Waals surface area contributed by atoms with Gasteiger partial charge in [0, 0.05) is 18.8 Å². The summed E-state index contributed by atoms with van der Waals surface area (Å²) in [6.07, 6.45) is 2.65. The number of hydrogen-bond donors (Lipinski definition) is 1. The van der Waals surface area contributed by atoms with Crippen molar-refractivity contribution in [1.82, 2.24) is 4.31 Å². The van der Waals surface area contributed by atoms with Gasteiger partial charge in [-0.25, -0.2) is 13.2 Å². The molecule has 3 rings (SSSR count). The molecule has 0 saturated carbocycles. The van der Waals surface area contributed by atoms with Crippen molar-refractivity contribution >= 4 is 27.6 Å². The Bertz CT molecular complexity index is 964. The zero-order valence-corrected chi connectivity index (χ0v) is 16.4. The van der Waals surface area contributed by atoms with Crippen molar-refractivity contribution in [3.8, 4) is 0 Å². The molecule has 0 atom stereocenters. The standard InChI is InChI=1S/C20H22N2O5S/c1-27-20(24)15-9-11-16(12-10-15)21-19(23)17-7-3-4-8-18(17)28(25,26)22-13-5-2-6-14-22/h3-4,7-12H,2,5-6,13-14H2,1H3,(H,21,23). The van der Waals surface area contributed by atoms with E-state index in [0.717, 1.165) is 19.3 Å². The maximum Gasteiger partial charge on any atom is 0.337 e. The van der Waals surface area contributed by atoms with Crippen molar-refractivity contribution in [3.05, 3.63) is 59.7 Å². The maximum absolute atomic E-state index is 13.0. The first-order valence-corrected chi connectivity index (χ1v) is 10.5. The molecule has 148 valence electrons. The van der Waals surface area contributed by atoms with Gasteiger partial charge in [-0.05, 0) is 49.2 Å². The molecule has 0 radical (unpaired) electrons. The molecule has 1 aliphatic heterocycles. The Morgan fingerprint density at radius 3 is 2.25 bits per heavy atom. The molecule has 1 heterocycles. The lowest BCUT2D eigenvalue weighted by Crippen LogP contribution is -2.36. The average molecular weight is 402 g/mol. The third kappa shape index (κ3) is 4.23. The first-order valence-electron chi connectivity index (χ1n) is 9.02. The van der Waals surface area contributed by atoms with E-state index in [1.165, 1.54) is 35.7 Å². The van der Waals surface area contributed by atoms with Crippen molar-refractivity contribution in [3.63, 3.8) is 0 Å². The molecule has 2 aromatic carbocycles. The number of hydrogen-bond acceptors (Lipinski definition) is 5. The Hall–Kier alpha value is -2.71. The minimum atomic E-state index is -3.74. The van der Waals surface area contributed by atoms with E-state index in [9.17, 15) is 18.0 Å². The second-order valence-corrected chi connectivity index (χ2v) is 8.39. The monoisotopic (exact) mass is 402 g/mol. The van der Waals surface area contributed by atoms with Crippen molar-refractivity contribution in [2.75, 3.05) is 25.5 Å². The zero-order chi connectivity index (χ0) is 20.1. The summed E-state index contributed by atoms with van der Waals surface area (Å²) >= 11 is 0. The number of benzene rings is 2. The van der Waals surface area contributed by atoms with Crippen LogP contribution in [0.1, 0.15) is 40.0 Å². The van der Waals surface area contributed by atoms with Crippen LogP contribution in [0.3, 0.4) is 0 Å². The topological polar surface area (TPSA) is 92.8 Å². The van der Waals surface area contributed by atoms with Gasteiger partial charge in [0.05, 0.1) is 23.1 Å². The number of rotatable bonds is 5. The Morgan fingerprint density at radius 2 is 1.61 bits per heavy atom. The Morgan fingerprint density at radius 1 is 0.964 bits per heavy atom. The molecule has 0 aliphatic carbocycles. The van der Waals surface area contributed by atoms with Gasteiger partial charge in [0.25, 0.3) is 5.91 Å². The van der Waals surface area contributed by atoms with Crippen LogP contribution in [0.25, 0.3) is 0 Å². The van der Waals surface area contributed by atoms with Crippen LogP contribution >= 0.6 is 0 Å². The van der Waals surface area contributed by atoms with E-state index in [1.807, 2.05) is 0 Å². The average Bonchev–Trinajstić information content (AvgIpc) is 2.74. The van der Waals surface area contributed by atoms with Crippen LogP contribution in [-0.2, 0) is 14.8 Å². The lowest BCUT2D eigenvalue weighted by Gasteiger charge is -2.26. The SMILES string of the molecule is COC(=O)c1ccc(NC(=O)c2ccccc2S(=O)(=O)N2CCCCC2)cc1. The van der Waals surface area contributed by atoms with Crippen LogP contribution in [0.2, 0.25) is 0 Å². The molecule has 28 heavy (non-hydrogen) atoms. The largest absolute Gasteiger partial charge is 0.465 e. The summed E-state index contributed by atoms with van der Waals surface area (Å²) < 4.78 is 32.1. The highest BCUT2D eigenvalue weighted by atomic mass is 32.2. The van der Waals surface area contributed by atoms with Crippen LogP contribution in [0.15, 0.2) is 53.4 Å². The van der Waals surface area contributed by atoms with Gasteiger partial charge in [0.15, 0.2) is 0 Å². The second kappa shape index (κ2) is 8.53. The summed E-state index contributed by atoms with van der Waals surface area (Å²) in [5.41, 5.74) is 0.890. The van der Waals surface area contributed by atoms with Gasteiger partial charge in [-0.1, -0.05) is 18.6 Å². The first-order chi connectivity index (χ1) is 13.4. The van der Waals surface area contributed by atoms with Crippen molar-refractivity contribution in [2.45, 2.75) is 24.2 Å². The van der Waals surface area contributed by atoms with Gasteiger partial charge < -0.3 is 10.1 Å². The smallest absolute Gasteiger partial charge is 0.337 e. The summed E-state index contributed by atoms with van der Waals surface area (Å²) in [6.45, 7) is 0.931. The number of piperidine rings is 1. The van der Waals surface area contributed by atoms with Crippen LogP contribution in [-0.4, -0.2) is 44.8 Å². The summed E-state index contributed by atoms with van der Waals surface area (Å²) in [5.74, 6) is -1.00. The Balaban J connectivity index is 1.84. The van der Waals surface area contributed by atoms with Crippen LogP contribution < -0.4 is 5.32 Å². The first kappa shape index (κ1) is 20.0. The molecular formula is C20H22N2O5S. The number of amides is 1. The van der Waals surface area contributed by atoms with Crippen LogP contribution in [0, 0.1) is 0 Å². The van der Waals surface area contributed by atoms with Crippen LogP contribution in [0.5, 0.6) is 0 Å². The minimum absolute atomic E-state index is 0.000538. The highest BCUT2D eigenvalue weighted by Gasteiger charge is 2.29. The van der Waals surface area contributed by atoms with E-state index < -0.39 is 21.9 Å². The summed E-state index contributed by atoms with van der Waals surface area (Å²) in [4.78, 5) is 24.2. The normalized spacial score (nSPS) is 15.0. The number of esters is 1. The number of sulfonamides is 1. The maximum atomic E-state index is 13.0. The number of anilines is 1. The molecule has 7 nitrogen and oxygen atoms in total. The number of nitrogens with one attached hydrogen (secondary N) is 1. The molecule has 1 N–H and O–H groups in total. The van der Waals surface area contributed by atoms with Gasteiger partial charge in [0.2, 0.25) is 10.0 Å². The van der Waals surface area contributed by atoms with Crippen molar-refractivity contribution in [1.29, 1.82) is 0 Å². The van der Waals surface area contributed by atoms with E-state index in [2.05, 4.69) is 10.1 Å². The second-order valence-electron chi connectivity index (χ2n) is 6.48. The predicted molar refractivity (Wildman–Crippen MR) is 105 cm³/mol. The number of carbonyl (C=O) groups excluding carboxylic acids is 2. The molecule has 2 aromatic rings. The molecule has 1 saturated heterocycles. The number of methoxy groups -OCH3 is 1. The predicted octanol–water partition coefficient (Wildman–Crippen LogP) is 2.90. The Labute approximate surface area is 164 Å². The summed E-state index contributed by atoms with van der Waals surface area (Å²) in [7, 11) is -2.45.